The van der Waals surface area contributed by atoms with Gasteiger partial charge in [0.25, 0.3) is 0 Å². The van der Waals surface area contributed by atoms with Gasteiger partial charge in [-0.15, -0.1) is 28.1 Å². The third kappa shape index (κ3) is 4.84. The summed E-state index contributed by atoms with van der Waals surface area (Å²) in [5.74, 6) is 0.243. The van der Waals surface area contributed by atoms with Crippen molar-refractivity contribution in [3.05, 3.63) is 65.1 Å². The van der Waals surface area contributed by atoms with Gasteiger partial charge in [-0.25, -0.2) is 4.39 Å². The topological polar surface area (TPSA) is 59.8 Å². The van der Waals surface area contributed by atoms with Gasteiger partial charge in [0.05, 0.1) is 11.8 Å². The normalized spacial score (nSPS) is 11.9. The minimum Gasteiger partial charge on any atom is -0.350 e. The van der Waals surface area contributed by atoms with Crippen LogP contribution in [0.25, 0.3) is 11.4 Å². The van der Waals surface area contributed by atoms with Gasteiger partial charge < -0.3 is 5.32 Å². The Labute approximate surface area is 165 Å². The molecule has 0 unspecified atom stereocenters. The van der Waals surface area contributed by atoms with Gasteiger partial charge in [0.15, 0.2) is 11.0 Å². The van der Waals surface area contributed by atoms with E-state index >= 15 is 0 Å². The molecular weight excluding hydrogens is 383 g/mol. The van der Waals surface area contributed by atoms with E-state index in [4.69, 9.17) is 0 Å². The molecule has 0 saturated heterocycles. The van der Waals surface area contributed by atoms with Crippen LogP contribution in [0.3, 0.4) is 0 Å². The van der Waals surface area contributed by atoms with E-state index in [1.165, 1.54) is 23.9 Å². The Bertz CT molecular complexity index is 906. The Hall–Kier alpha value is -2.45. The molecule has 0 bridgehead atoms. The number of halogens is 1. The standard InChI is InChI=1S/C19H19FN4OS2/c1-3-10-24-17(14-6-8-15(20)9-7-14)22-23-19(24)27-13(2)18(25)21-12-16-5-4-11-26-16/h3-9,11,13H,1,10,12H2,2H3,(H,21,25)/t13-/m0/s1. The monoisotopic (exact) mass is 402 g/mol. The number of allylic oxidation sites excluding steroid dienone is 1. The van der Waals surface area contributed by atoms with Crippen LogP contribution in [0.2, 0.25) is 0 Å². The van der Waals surface area contributed by atoms with Gasteiger partial charge in [0.1, 0.15) is 5.82 Å². The zero-order valence-corrected chi connectivity index (χ0v) is 16.4. The molecule has 0 radical (unpaired) electrons. The van der Waals surface area contributed by atoms with Crippen molar-refractivity contribution in [1.82, 2.24) is 20.1 Å². The highest BCUT2D eigenvalue weighted by Gasteiger charge is 2.20. The Morgan fingerprint density at radius 3 is 2.81 bits per heavy atom. The molecule has 1 amide bonds. The molecule has 140 valence electrons. The van der Waals surface area contributed by atoms with Crippen LogP contribution in [0, 0.1) is 5.82 Å². The molecule has 0 aliphatic carbocycles. The lowest BCUT2D eigenvalue weighted by molar-refractivity contribution is -0.120. The van der Waals surface area contributed by atoms with Gasteiger partial charge in [-0.1, -0.05) is 23.9 Å². The summed E-state index contributed by atoms with van der Waals surface area (Å²) in [4.78, 5) is 13.5. The molecule has 0 spiro atoms. The Kier molecular flexibility index (Phi) is 6.41. The fourth-order valence-corrected chi connectivity index (χ4v) is 3.95. The van der Waals surface area contributed by atoms with Gasteiger partial charge in [-0.3, -0.25) is 9.36 Å². The van der Waals surface area contributed by atoms with E-state index in [9.17, 15) is 9.18 Å². The number of aromatic nitrogens is 3. The van der Waals surface area contributed by atoms with Crippen molar-refractivity contribution >= 4 is 29.0 Å². The smallest absolute Gasteiger partial charge is 0.233 e. The molecule has 5 nitrogen and oxygen atoms in total. The number of carbonyl (C=O) groups is 1. The molecule has 1 aromatic carbocycles. The number of hydrogen-bond acceptors (Lipinski definition) is 5. The molecule has 0 aliphatic rings. The van der Waals surface area contributed by atoms with Crippen molar-refractivity contribution in [3.8, 4) is 11.4 Å². The second kappa shape index (κ2) is 8.96. The van der Waals surface area contributed by atoms with Gasteiger partial charge in [-0.05, 0) is 42.6 Å². The van der Waals surface area contributed by atoms with Crippen molar-refractivity contribution in [2.75, 3.05) is 0 Å². The highest BCUT2D eigenvalue weighted by molar-refractivity contribution is 8.00. The number of amides is 1. The minimum absolute atomic E-state index is 0.0649. The summed E-state index contributed by atoms with van der Waals surface area (Å²) < 4.78 is 15.1. The largest absolute Gasteiger partial charge is 0.350 e. The van der Waals surface area contributed by atoms with E-state index in [1.54, 1.807) is 29.5 Å². The van der Waals surface area contributed by atoms with E-state index in [2.05, 4.69) is 22.1 Å². The van der Waals surface area contributed by atoms with E-state index in [0.29, 0.717) is 24.1 Å². The predicted molar refractivity (Wildman–Crippen MR) is 107 cm³/mol. The molecule has 0 aliphatic heterocycles. The maximum atomic E-state index is 13.2. The lowest BCUT2D eigenvalue weighted by Crippen LogP contribution is -2.30. The van der Waals surface area contributed by atoms with Crippen molar-refractivity contribution in [2.24, 2.45) is 0 Å². The van der Waals surface area contributed by atoms with Gasteiger partial charge in [0.2, 0.25) is 5.91 Å². The molecule has 0 fully saturated rings. The van der Waals surface area contributed by atoms with Crippen LogP contribution in [-0.2, 0) is 17.9 Å². The number of benzene rings is 1. The maximum absolute atomic E-state index is 13.2. The SMILES string of the molecule is C=CCn1c(S[C@@H](C)C(=O)NCc2cccs2)nnc1-c1ccc(F)cc1. The maximum Gasteiger partial charge on any atom is 0.233 e. The van der Waals surface area contributed by atoms with Crippen LogP contribution in [0.4, 0.5) is 4.39 Å². The van der Waals surface area contributed by atoms with E-state index in [-0.39, 0.29) is 17.0 Å². The predicted octanol–water partition coefficient (Wildman–Crippen LogP) is 4.13. The summed E-state index contributed by atoms with van der Waals surface area (Å²) in [7, 11) is 0. The highest BCUT2D eigenvalue weighted by atomic mass is 32.2. The number of hydrogen-bond donors (Lipinski definition) is 1. The first-order valence-corrected chi connectivity index (χ1v) is 10.1. The molecule has 1 atom stereocenters. The lowest BCUT2D eigenvalue weighted by atomic mass is 10.2. The van der Waals surface area contributed by atoms with Crippen molar-refractivity contribution in [3.63, 3.8) is 0 Å². The fraction of sp³-hybridized carbons (Fsp3) is 0.211. The molecule has 3 rings (SSSR count). The lowest BCUT2D eigenvalue weighted by Gasteiger charge is -2.12. The quantitative estimate of drug-likeness (QED) is 0.455. The van der Waals surface area contributed by atoms with Crippen LogP contribution in [0.15, 0.2) is 59.6 Å². The third-order valence-corrected chi connectivity index (χ3v) is 5.76. The summed E-state index contributed by atoms with van der Waals surface area (Å²) in [5, 5.41) is 13.6. The Balaban J connectivity index is 1.72. The summed E-state index contributed by atoms with van der Waals surface area (Å²) in [6, 6.07) is 10.0. The summed E-state index contributed by atoms with van der Waals surface area (Å²) in [6.07, 6.45) is 1.74. The molecule has 3 aromatic rings. The number of thioether (sulfide) groups is 1. The second-order valence-corrected chi connectivity index (χ2v) is 8.11. The first kappa shape index (κ1) is 19.3. The second-order valence-electron chi connectivity index (χ2n) is 5.77. The van der Waals surface area contributed by atoms with Crippen molar-refractivity contribution in [2.45, 2.75) is 30.4 Å². The molecule has 2 aromatic heterocycles. The summed E-state index contributed by atoms with van der Waals surface area (Å²) in [5.41, 5.74) is 0.757. The number of carbonyl (C=O) groups excluding carboxylic acids is 1. The van der Waals surface area contributed by atoms with Gasteiger partial charge in [-0.2, -0.15) is 0 Å². The minimum atomic E-state index is -0.334. The molecule has 27 heavy (non-hydrogen) atoms. The van der Waals surface area contributed by atoms with Crippen LogP contribution in [0.5, 0.6) is 0 Å². The van der Waals surface area contributed by atoms with Crippen molar-refractivity contribution in [1.29, 1.82) is 0 Å². The Morgan fingerprint density at radius 1 is 1.37 bits per heavy atom. The summed E-state index contributed by atoms with van der Waals surface area (Å²) >= 11 is 2.94. The van der Waals surface area contributed by atoms with Gasteiger partial charge >= 0.3 is 0 Å². The average molecular weight is 403 g/mol. The van der Waals surface area contributed by atoms with Crippen LogP contribution in [0.1, 0.15) is 11.8 Å². The number of nitrogens with one attached hydrogen (secondary N) is 1. The van der Waals surface area contributed by atoms with E-state index < -0.39 is 0 Å². The van der Waals surface area contributed by atoms with Crippen LogP contribution >= 0.6 is 23.1 Å². The number of thiophene rings is 1. The first-order chi connectivity index (χ1) is 13.1. The van der Waals surface area contributed by atoms with E-state index in [1.807, 2.05) is 29.0 Å². The molecular formula is C19H19FN4OS2. The van der Waals surface area contributed by atoms with Crippen LogP contribution < -0.4 is 5.32 Å². The Morgan fingerprint density at radius 2 is 2.15 bits per heavy atom. The van der Waals surface area contributed by atoms with E-state index in [0.717, 1.165) is 10.4 Å². The highest BCUT2D eigenvalue weighted by Crippen LogP contribution is 2.27. The number of nitrogens with zero attached hydrogens (tertiary/aromatic N) is 3. The van der Waals surface area contributed by atoms with Crippen LogP contribution in [-0.4, -0.2) is 25.9 Å². The third-order valence-electron chi connectivity index (χ3n) is 3.80. The summed E-state index contributed by atoms with van der Waals surface area (Å²) in [6.45, 7) is 6.61. The average Bonchev–Trinajstić information content (AvgIpc) is 3.31. The van der Waals surface area contributed by atoms with Crippen molar-refractivity contribution < 1.29 is 9.18 Å². The zero-order chi connectivity index (χ0) is 19.2. The molecule has 8 heteroatoms. The molecule has 0 saturated carbocycles. The fourth-order valence-electron chi connectivity index (χ4n) is 2.42. The van der Waals surface area contributed by atoms with Gasteiger partial charge in [0, 0.05) is 17.0 Å². The first-order valence-electron chi connectivity index (χ1n) is 8.35. The molecule has 1 N–H and O–H groups in total. The number of rotatable bonds is 8. The zero-order valence-electron chi connectivity index (χ0n) is 14.8. The molecule has 2 heterocycles.